The van der Waals surface area contributed by atoms with E-state index in [4.69, 9.17) is 0 Å². The molecule has 70 heteroatoms. The second-order valence-corrected chi connectivity index (χ2v) is 0. The zero-order valence-electron chi connectivity index (χ0n) is 119. The average molecular weight is 2730 g/mol. The van der Waals surface area contributed by atoms with Crippen molar-refractivity contribution in [3.05, 3.63) is 0 Å². The molecular formula is H80Fe30Mg40. The van der Waals surface area contributed by atoms with Gasteiger partial charge in [-0.05, 0) is 0 Å². The summed E-state index contributed by atoms with van der Waals surface area (Å²) >= 11 is 0. The van der Waals surface area contributed by atoms with Crippen molar-refractivity contribution in [3.8, 4) is 0 Å². The molecular weight excluding hydrogens is 2650 g/mol. The second-order valence-electron chi connectivity index (χ2n) is 0. The molecule has 0 saturated carbocycles. The maximum atomic E-state index is 0. The minimum absolute atomic E-state index is 0. The van der Waals surface area contributed by atoms with Crippen molar-refractivity contribution < 1.29 is 626 Å². The van der Waals surface area contributed by atoms with E-state index in [0.717, 1.165) is 0 Å². The molecule has 0 fully saturated rings. The summed E-state index contributed by atoms with van der Waals surface area (Å²) in [6, 6.07) is 0. The summed E-state index contributed by atoms with van der Waals surface area (Å²) in [5.41, 5.74) is 0. The molecule has 0 aromatic carbocycles. The molecule has 0 unspecified atom stereocenters. The molecule has 0 saturated heterocycles. The Morgan fingerprint density at radius 1 is 0.0429 bits per heavy atom. The van der Waals surface area contributed by atoms with Crippen molar-refractivity contribution in [2.75, 3.05) is 0 Å². The van der Waals surface area contributed by atoms with Gasteiger partial charge in [-0.3, -0.25) is 0 Å². The molecule has 70 heavy (non-hydrogen) atoms. The zero-order valence-corrected chi connectivity index (χ0v) is 129. The third-order valence-corrected chi connectivity index (χ3v) is 0. The SMILES string of the molecule is [Fe].[Fe].[Fe].[Fe].[Fe].[Fe].[Fe].[Fe].[Fe].[Fe].[Fe].[Fe].[Fe].[Fe].[Fe].[Fe].[Fe].[Fe].[Fe].[Fe].[Fe].[Fe].[Fe].[Fe].[Fe].[Fe].[Fe].[Fe].[Fe].[Fe].[H-].[H-].[H-].[H-].[H-].[H-].[H-].[H-].[H-].[H-].[H-].[H-].[H-].[H-].[H-].[H-].[H-].[H-].[H-].[H-].[H-].[H-].[H-].[H-].[H-].[H-].[H-].[H-].[H-].[H-].[H-].[H-].[H-].[H-].[H-].[H-].[H-].[H-].[H-].[H-].[H-].[H-].[H-].[H-].[H-].[H-].[H-].[H-].[H-].[H-].[H-].[H-].[H-].[H-].[H-].[H-].[H-].[H-].[H-].[H-].[H-].[H-].[H-].[H-].[H-].[H-].[H-].[H-].[H-].[H-].[H-].[H-].[H-].[H-].[H-].[H-].[H-].[H-].[H-].[H-].[Mg+2].[Mg+2].[Mg+2].[Mg+2].[Mg+2].[Mg+2].[Mg+2].[Mg+2].[Mg+2].[Mg+2].[Mg+2].[Mg+2].[Mg+2].[Mg+2].[Mg+2].[Mg+2].[Mg+2].[Mg+2].[Mg+2].[Mg+2].[Mg+2].[Mg+2].[Mg+2].[Mg+2].[Mg+2].[Mg+2].[Mg+2].[Mg+2].[Mg+2].[Mg+2].[Mg+2].[Mg+2].[Mg+2].[Mg+2].[Mg+2].[Mg+2].[Mg+2].[Mg+2].[Mg+2].[Mg+2]. The number of hydrogen-bond donors (Lipinski definition) is 0. The summed E-state index contributed by atoms with van der Waals surface area (Å²) in [4.78, 5) is 0. The third kappa shape index (κ3) is 685. The van der Waals surface area contributed by atoms with Crippen LogP contribution in [0, 0.1) is 0 Å². The van der Waals surface area contributed by atoms with E-state index in [1.165, 1.54) is 0 Å². The Morgan fingerprint density at radius 2 is 0.0429 bits per heavy atom. The first-order chi connectivity index (χ1) is 0. The fourth-order valence-electron chi connectivity index (χ4n) is 0. The van der Waals surface area contributed by atoms with Crippen LogP contribution in [-0.4, -0.2) is 922 Å². The van der Waals surface area contributed by atoms with Crippen LogP contribution in [0.5, 0.6) is 0 Å². The van der Waals surface area contributed by atoms with Crippen molar-refractivity contribution in [1.29, 1.82) is 0 Å². The van der Waals surface area contributed by atoms with Crippen molar-refractivity contribution in [2.45, 2.75) is 0 Å². The van der Waals surface area contributed by atoms with Gasteiger partial charge in [-0.15, -0.1) is 0 Å². The Balaban J connectivity index is 0. The molecule has 0 aliphatic rings. The van der Waals surface area contributed by atoms with Gasteiger partial charge in [0.2, 0.25) is 0 Å². The standard InChI is InChI=1S/30Fe.40Mg.80H/q;;;;;;;;;;;;;;;;;;;;;;;;;;;;;;40*+2;80*-1. The van der Waals surface area contributed by atoms with Crippen LogP contribution in [0.4, 0.5) is 0 Å². The van der Waals surface area contributed by atoms with Crippen LogP contribution in [0.2, 0.25) is 0 Å². The van der Waals surface area contributed by atoms with Gasteiger partial charge in [0.1, 0.15) is 0 Å². The molecule has 0 rings (SSSR count). The maximum absolute atomic E-state index is 0. The van der Waals surface area contributed by atoms with Gasteiger partial charge in [0, 0.05) is 512 Å². The first-order valence-corrected chi connectivity index (χ1v) is 0. The summed E-state index contributed by atoms with van der Waals surface area (Å²) < 4.78 is 0. The van der Waals surface area contributed by atoms with Crippen LogP contribution in [0.15, 0.2) is 0 Å². The smallest absolute Gasteiger partial charge is 1.00 e. The minimum Gasteiger partial charge on any atom is -1.00 e. The van der Waals surface area contributed by atoms with Gasteiger partial charge in [0.05, 0.1) is 0 Å². The van der Waals surface area contributed by atoms with Crippen molar-refractivity contribution >= 4 is 922 Å². The van der Waals surface area contributed by atoms with E-state index in [9.17, 15) is 0 Å². The van der Waals surface area contributed by atoms with E-state index in [1.54, 1.807) is 0 Å². The molecule has 0 heterocycles. The molecule has 0 amide bonds. The number of rotatable bonds is 0. The summed E-state index contributed by atoms with van der Waals surface area (Å²) in [5, 5.41) is 0. The fourth-order valence-corrected chi connectivity index (χ4v) is 0. The van der Waals surface area contributed by atoms with Gasteiger partial charge in [-0.25, -0.2) is 0 Å². The van der Waals surface area contributed by atoms with Gasteiger partial charge in [0.15, 0.2) is 0 Å². The first kappa shape index (κ1) is 722. The van der Waals surface area contributed by atoms with Crippen molar-refractivity contribution in [1.82, 2.24) is 0 Å². The van der Waals surface area contributed by atoms with Crippen LogP contribution in [-0.2, 0) is 512 Å². The number of hydrogen-bond acceptors (Lipinski definition) is 0. The molecule has 0 N–H and O–H groups in total. The fraction of sp³-hybridized carbons (Fsp3) is 0. The predicted molar refractivity (Wildman–Crippen MR) is 319 cm³/mol. The van der Waals surface area contributed by atoms with E-state index in [2.05, 4.69) is 0 Å². The van der Waals surface area contributed by atoms with Crippen LogP contribution in [0.3, 0.4) is 0 Å². The molecule has 0 aliphatic heterocycles. The summed E-state index contributed by atoms with van der Waals surface area (Å²) in [5.74, 6) is 0. The summed E-state index contributed by atoms with van der Waals surface area (Å²) in [6.45, 7) is 0. The minimum atomic E-state index is 0. The molecule has 0 radical (unpaired) electrons. The molecule has 0 aromatic heterocycles. The molecule has 0 aromatic rings. The molecule has 0 atom stereocenters. The summed E-state index contributed by atoms with van der Waals surface area (Å²) in [6.07, 6.45) is 0. The monoisotopic (exact) mass is 2720 g/mol. The van der Waals surface area contributed by atoms with Crippen LogP contribution in [0.25, 0.3) is 0 Å². The predicted octanol–water partition coefficient (Wildman–Crippen LogP) is -6.31. The molecule has 0 spiro atoms. The third-order valence-electron chi connectivity index (χ3n) is 0. The molecule has 0 nitrogen and oxygen atoms in total. The molecule has 0 aliphatic carbocycles. The van der Waals surface area contributed by atoms with Crippen molar-refractivity contribution in [3.63, 3.8) is 0 Å². The Labute approximate surface area is 1510 Å². The van der Waals surface area contributed by atoms with E-state index < -0.39 is 0 Å². The van der Waals surface area contributed by atoms with Gasteiger partial charge in [-0.2, -0.15) is 0 Å². The Hall–Kier alpha value is 46.2. The Kier molecular flexibility index (Phi) is 7260. The van der Waals surface area contributed by atoms with Gasteiger partial charge in [-0.1, -0.05) is 0 Å². The van der Waals surface area contributed by atoms with Gasteiger partial charge < -0.3 is 114 Å². The van der Waals surface area contributed by atoms with Gasteiger partial charge in [0.25, 0.3) is 0 Å². The summed E-state index contributed by atoms with van der Waals surface area (Å²) in [7, 11) is 0. The molecule has 400 valence electrons. The van der Waals surface area contributed by atoms with E-state index in [1.807, 2.05) is 0 Å². The Bertz CT molecular complexity index is 218. The van der Waals surface area contributed by atoms with Crippen LogP contribution in [0.1, 0.15) is 114 Å². The first-order valence-electron chi connectivity index (χ1n) is 0. The van der Waals surface area contributed by atoms with Crippen LogP contribution < -0.4 is 0 Å². The van der Waals surface area contributed by atoms with Gasteiger partial charge >= 0.3 is 922 Å². The van der Waals surface area contributed by atoms with Crippen LogP contribution >= 0.6 is 0 Å². The topological polar surface area (TPSA) is 0 Å². The second kappa shape index (κ2) is 703. The van der Waals surface area contributed by atoms with E-state index >= 15 is 0 Å². The zero-order chi connectivity index (χ0) is 0. The largest absolute Gasteiger partial charge is 2.00 e. The molecule has 0 bridgehead atoms. The average Bonchev–Trinajstić information content (AvgIpc) is 0. The maximum Gasteiger partial charge on any atom is 2.00 e. The Morgan fingerprint density at radius 3 is 0.0429 bits per heavy atom. The van der Waals surface area contributed by atoms with E-state index in [-0.39, 0.29) is 1550 Å². The normalized spacial score (nSPS) is 0. The van der Waals surface area contributed by atoms with Crippen molar-refractivity contribution in [2.24, 2.45) is 0 Å². The quantitative estimate of drug-likeness (QED) is 0.213. The van der Waals surface area contributed by atoms with E-state index in [0.29, 0.717) is 0 Å².